The van der Waals surface area contributed by atoms with Crippen molar-refractivity contribution in [2.45, 2.75) is 26.3 Å². The number of amides is 1. The summed E-state index contributed by atoms with van der Waals surface area (Å²) in [7, 11) is 3.02. The van der Waals surface area contributed by atoms with Crippen LogP contribution in [0.2, 0.25) is 5.02 Å². The summed E-state index contributed by atoms with van der Waals surface area (Å²) in [5.41, 5.74) is 0.361. The monoisotopic (exact) mass is 328 g/mol. The van der Waals surface area contributed by atoms with Crippen LogP contribution in [0.25, 0.3) is 0 Å². The minimum atomic E-state index is -0.305. The molecule has 0 spiro atoms. The number of nitrogens with one attached hydrogen (secondary N) is 1. The van der Waals surface area contributed by atoms with Gasteiger partial charge >= 0.3 is 0 Å². The maximum absolute atomic E-state index is 11.5. The van der Waals surface area contributed by atoms with Gasteiger partial charge in [0.05, 0.1) is 25.5 Å². The van der Waals surface area contributed by atoms with Crippen molar-refractivity contribution in [2.75, 3.05) is 20.8 Å². The van der Waals surface area contributed by atoms with E-state index < -0.39 is 0 Å². The Balaban J connectivity index is 2.64. The molecule has 0 unspecified atom stereocenters. The normalized spacial score (nSPS) is 11.4. The fourth-order valence-electron chi connectivity index (χ4n) is 1.66. The SMILES string of the molecule is COc1cc(/C=N\OCC(=O)NC(C)(C)C)cc(Cl)c1OC. The van der Waals surface area contributed by atoms with Crippen LogP contribution in [-0.4, -0.2) is 38.5 Å². The number of methoxy groups -OCH3 is 2. The number of rotatable bonds is 6. The fraction of sp³-hybridized carbons (Fsp3) is 0.467. The second kappa shape index (κ2) is 7.89. The number of ether oxygens (including phenoxy) is 2. The third-order valence-corrected chi connectivity index (χ3v) is 2.72. The zero-order chi connectivity index (χ0) is 16.8. The molecule has 22 heavy (non-hydrogen) atoms. The largest absolute Gasteiger partial charge is 0.493 e. The lowest BCUT2D eigenvalue weighted by Crippen LogP contribution is -2.42. The first-order valence-corrected chi connectivity index (χ1v) is 7.02. The van der Waals surface area contributed by atoms with E-state index in [2.05, 4.69) is 10.5 Å². The highest BCUT2D eigenvalue weighted by Gasteiger charge is 2.13. The van der Waals surface area contributed by atoms with Crippen molar-refractivity contribution >= 4 is 23.7 Å². The Morgan fingerprint density at radius 2 is 2.00 bits per heavy atom. The maximum Gasteiger partial charge on any atom is 0.261 e. The van der Waals surface area contributed by atoms with Gasteiger partial charge in [-0.2, -0.15) is 0 Å². The summed E-state index contributed by atoms with van der Waals surface area (Å²) in [6, 6.07) is 3.36. The smallest absolute Gasteiger partial charge is 0.261 e. The van der Waals surface area contributed by atoms with Gasteiger partial charge in [0, 0.05) is 11.1 Å². The Bertz CT molecular complexity index is 553. The van der Waals surface area contributed by atoms with Crippen molar-refractivity contribution in [2.24, 2.45) is 5.16 Å². The predicted octanol–water partition coefficient (Wildman–Crippen LogP) is 2.62. The third-order valence-electron chi connectivity index (χ3n) is 2.44. The molecular weight excluding hydrogens is 308 g/mol. The van der Waals surface area contributed by atoms with Crippen LogP contribution in [0.15, 0.2) is 17.3 Å². The third kappa shape index (κ3) is 5.81. The molecule has 7 heteroatoms. The molecular formula is C15H21ClN2O4. The molecule has 0 aromatic heterocycles. The van der Waals surface area contributed by atoms with Crippen molar-refractivity contribution in [3.05, 3.63) is 22.7 Å². The second-order valence-electron chi connectivity index (χ2n) is 5.54. The van der Waals surface area contributed by atoms with Crippen LogP contribution in [0.1, 0.15) is 26.3 Å². The molecule has 1 rings (SSSR count). The Labute approximate surface area is 135 Å². The standard InChI is InChI=1S/C15H21ClN2O4/c1-15(2,3)18-13(19)9-22-17-8-10-6-11(16)14(21-5)12(7-10)20-4/h6-8H,9H2,1-5H3,(H,18,19)/b17-8-. The molecule has 122 valence electrons. The van der Waals surface area contributed by atoms with E-state index in [-0.39, 0.29) is 18.1 Å². The van der Waals surface area contributed by atoms with E-state index in [1.165, 1.54) is 20.4 Å². The fourth-order valence-corrected chi connectivity index (χ4v) is 1.96. The number of hydrogen-bond acceptors (Lipinski definition) is 5. The first-order chi connectivity index (χ1) is 10.3. The summed E-state index contributed by atoms with van der Waals surface area (Å²) in [5.74, 6) is 0.698. The Kier molecular flexibility index (Phi) is 6.49. The number of oxime groups is 1. The summed E-state index contributed by atoms with van der Waals surface area (Å²) < 4.78 is 10.3. The molecule has 0 fully saturated rings. The van der Waals surface area contributed by atoms with Crippen LogP contribution in [0.3, 0.4) is 0 Å². The van der Waals surface area contributed by atoms with E-state index in [4.69, 9.17) is 25.9 Å². The predicted molar refractivity (Wildman–Crippen MR) is 86.0 cm³/mol. The minimum Gasteiger partial charge on any atom is -0.493 e. The number of carbonyl (C=O) groups is 1. The van der Waals surface area contributed by atoms with Crippen molar-refractivity contribution in [1.29, 1.82) is 0 Å². The zero-order valence-electron chi connectivity index (χ0n) is 13.4. The molecule has 1 amide bonds. The molecule has 6 nitrogen and oxygen atoms in total. The highest BCUT2D eigenvalue weighted by Crippen LogP contribution is 2.35. The van der Waals surface area contributed by atoms with E-state index in [1.807, 2.05) is 20.8 Å². The van der Waals surface area contributed by atoms with Crippen LogP contribution in [0.5, 0.6) is 11.5 Å². The van der Waals surface area contributed by atoms with Crippen LogP contribution >= 0.6 is 11.6 Å². The van der Waals surface area contributed by atoms with Crippen molar-refractivity contribution in [1.82, 2.24) is 5.32 Å². The molecule has 0 bridgehead atoms. The summed E-state index contributed by atoms with van der Waals surface area (Å²) in [6.45, 7) is 5.51. The van der Waals surface area contributed by atoms with Gasteiger partial charge in [0.1, 0.15) is 0 Å². The van der Waals surface area contributed by atoms with E-state index in [1.54, 1.807) is 12.1 Å². The van der Waals surface area contributed by atoms with Crippen LogP contribution < -0.4 is 14.8 Å². The van der Waals surface area contributed by atoms with Crippen LogP contribution in [0.4, 0.5) is 0 Å². The van der Waals surface area contributed by atoms with Gasteiger partial charge < -0.3 is 19.6 Å². The van der Waals surface area contributed by atoms with E-state index >= 15 is 0 Å². The summed E-state index contributed by atoms with van der Waals surface area (Å²) in [5, 5.41) is 6.90. The molecule has 0 heterocycles. The number of hydrogen-bond donors (Lipinski definition) is 1. The van der Waals surface area contributed by atoms with Crippen LogP contribution in [0, 0.1) is 0 Å². The lowest BCUT2D eigenvalue weighted by Gasteiger charge is -2.19. The van der Waals surface area contributed by atoms with Crippen molar-refractivity contribution in [3.63, 3.8) is 0 Å². The lowest BCUT2D eigenvalue weighted by atomic mass is 10.1. The van der Waals surface area contributed by atoms with Gasteiger partial charge in [0.2, 0.25) is 0 Å². The van der Waals surface area contributed by atoms with Crippen LogP contribution in [-0.2, 0) is 9.63 Å². The molecule has 0 atom stereocenters. The summed E-state index contributed by atoms with van der Waals surface area (Å²) in [4.78, 5) is 16.5. The summed E-state index contributed by atoms with van der Waals surface area (Å²) >= 11 is 6.08. The van der Waals surface area contributed by atoms with Crippen molar-refractivity contribution in [3.8, 4) is 11.5 Å². The van der Waals surface area contributed by atoms with Gasteiger partial charge in [0.25, 0.3) is 5.91 Å². The van der Waals surface area contributed by atoms with E-state index in [9.17, 15) is 4.79 Å². The van der Waals surface area contributed by atoms with Gasteiger partial charge in [-0.25, -0.2) is 0 Å². The molecule has 0 aliphatic carbocycles. The van der Waals surface area contributed by atoms with Gasteiger partial charge in [-0.3, -0.25) is 4.79 Å². The number of benzene rings is 1. The first-order valence-electron chi connectivity index (χ1n) is 6.64. The molecule has 0 saturated carbocycles. The average molecular weight is 329 g/mol. The highest BCUT2D eigenvalue weighted by atomic mass is 35.5. The maximum atomic E-state index is 11.5. The Morgan fingerprint density at radius 3 is 2.55 bits per heavy atom. The number of nitrogens with zero attached hydrogens (tertiary/aromatic N) is 1. The molecule has 0 radical (unpaired) electrons. The van der Waals surface area contributed by atoms with Gasteiger partial charge in [-0.05, 0) is 32.9 Å². The van der Waals surface area contributed by atoms with Gasteiger partial charge in [-0.1, -0.05) is 16.8 Å². The highest BCUT2D eigenvalue weighted by molar-refractivity contribution is 6.32. The lowest BCUT2D eigenvalue weighted by molar-refractivity contribution is -0.127. The minimum absolute atomic E-state index is 0.158. The summed E-state index contributed by atoms with van der Waals surface area (Å²) in [6.07, 6.45) is 1.44. The topological polar surface area (TPSA) is 69.2 Å². The van der Waals surface area contributed by atoms with Gasteiger partial charge in [0.15, 0.2) is 18.1 Å². The van der Waals surface area contributed by atoms with Crippen molar-refractivity contribution < 1.29 is 19.1 Å². The second-order valence-corrected chi connectivity index (χ2v) is 5.95. The molecule has 0 saturated heterocycles. The van der Waals surface area contributed by atoms with E-state index in [0.29, 0.717) is 22.1 Å². The number of carbonyl (C=O) groups excluding carboxylic acids is 1. The van der Waals surface area contributed by atoms with Gasteiger partial charge in [-0.15, -0.1) is 0 Å². The molecule has 1 N–H and O–H groups in total. The van der Waals surface area contributed by atoms with E-state index in [0.717, 1.165) is 0 Å². The zero-order valence-corrected chi connectivity index (χ0v) is 14.2. The molecule has 1 aromatic rings. The quantitative estimate of drug-likeness (QED) is 0.644. The first kappa shape index (κ1) is 18.1. The molecule has 0 aliphatic rings. The molecule has 1 aromatic carbocycles. The number of halogens is 1. The average Bonchev–Trinajstić information content (AvgIpc) is 2.41. The Hall–Kier alpha value is -1.95. The molecule has 0 aliphatic heterocycles. The Morgan fingerprint density at radius 1 is 1.32 bits per heavy atom.